The lowest BCUT2D eigenvalue weighted by Crippen LogP contribution is -2.24. The summed E-state index contributed by atoms with van der Waals surface area (Å²) >= 11 is 1.18. The number of methoxy groups -OCH3 is 1. The normalized spacial score (nSPS) is 11.1. The molecule has 0 aliphatic rings. The highest BCUT2D eigenvalue weighted by Gasteiger charge is 2.14. The number of hydrazone groups is 1. The molecule has 4 rings (SSSR count). The summed E-state index contributed by atoms with van der Waals surface area (Å²) in [6, 6.07) is 22.2. The quantitative estimate of drug-likeness (QED) is 0.196. The van der Waals surface area contributed by atoms with E-state index in [1.54, 1.807) is 19.2 Å². The maximum atomic E-state index is 13.2. The third kappa shape index (κ3) is 5.12. The zero-order valence-corrected chi connectivity index (χ0v) is 19.0. The fourth-order valence-electron chi connectivity index (χ4n) is 3.24. The van der Waals surface area contributed by atoms with Crippen molar-refractivity contribution in [3.8, 4) is 11.4 Å². The van der Waals surface area contributed by atoms with Gasteiger partial charge in [-0.2, -0.15) is 5.10 Å². The molecule has 0 aliphatic carbocycles. The molecule has 0 radical (unpaired) electrons. The van der Waals surface area contributed by atoms with Crippen LogP contribution in [0.3, 0.4) is 0 Å². The van der Waals surface area contributed by atoms with Crippen molar-refractivity contribution in [2.45, 2.75) is 12.1 Å². The van der Waals surface area contributed by atoms with Gasteiger partial charge in [0.1, 0.15) is 5.75 Å². The van der Waals surface area contributed by atoms with Gasteiger partial charge in [-0.1, -0.05) is 53.7 Å². The molecule has 1 N–H and O–H groups in total. The van der Waals surface area contributed by atoms with Gasteiger partial charge >= 0.3 is 0 Å². The number of thioether (sulfide) groups is 1. The molecular formula is C25H22N4O3S. The Hall–Kier alpha value is -3.91. The SMILES string of the molecule is COc1ccccc1/C=N\NC(=O)CSc1nc2ccccc2c(=O)n1-c1ccc(C)cc1. The summed E-state index contributed by atoms with van der Waals surface area (Å²) in [7, 11) is 1.58. The fourth-order valence-corrected chi connectivity index (χ4v) is 4.05. The van der Waals surface area contributed by atoms with Crippen LogP contribution in [0.2, 0.25) is 0 Å². The molecule has 166 valence electrons. The van der Waals surface area contributed by atoms with E-state index in [1.165, 1.54) is 22.5 Å². The van der Waals surface area contributed by atoms with Gasteiger partial charge in [-0.05, 0) is 43.3 Å². The second-order valence-corrected chi connectivity index (χ2v) is 8.15. The Labute approximate surface area is 195 Å². The van der Waals surface area contributed by atoms with Gasteiger partial charge < -0.3 is 4.74 Å². The largest absolute Gasteiger partial charge is 0.496 e. The number of benzene rings is 3. The second kappa shape index (κ2) is 10.1. The van der Waals surface area contributed by atoms with Crippen LogP contribution in [0.15, 0.2) is 87.8 Å². The molecule has 0 spiro atoms. The van der Waals surface area contributed by atoms with Crippen molar-refractivity contribution in [2.75, 3.05) is 12.9 Å². The number of hydrogen-bond acceptors (Lipinski definition) is 6. The predicted octanol–water partition coefficient (Wildman–Crippen LogP) is 3.95. The molecule has 0 aliphatic heterocycles. The van der Waals surface area contributed by atoms with Crippen molar-refractivity contribution in [1.29, 1.82) is 0 Å². The van der Waals surface area contributed by atoms with E-state index < -0.39 is 0 Å². The van der Waals surface area contributed by atoms with E-state index >= 15 is 0 Å². The average molecular weight is 459 g/mol. The highest BCUT2D eigenvalue weighted by atomic mass is 32.2. The summed E-state index contributed by atoms with van der Waals surface area (Å²) in [4.78, 5) is 30.3. The maximum Gasteiger partial charge on any atom is 0.266 e. The maximum absolute atomic E-state index is 13.2. The number of amides is 1. The lowest BCUT2D eigenvalue weighted by molar-refractivity contribution is -0.118. The van der Waals surface area contributed by atoms with E-state index in [0.717, 1.165) is 11.1 Å². The van der Waals surface area contributed by atoms with Crippen molar-refractivity contribution >= 4 is 34.8 Å². The zero-order valence-electron chi connectivity index (χ0n) is 18.2. The highest BCUT2D eigenvalue weighted by molar-refractivity contribution is 7.99. The third-order valence-corrected chi connectivity index (χ3v) is 5.84. The van der Waals surface area contributed by atoms with Crippen LogP contribution in [-0.4, -0.2) is 34.5 Å². The Kier molecular flexibility index (Phi) is 6.85. The minimum absolute atomic E-state index is 0.0416. The van der Waals surface area contributed by atoms with E-state index in [9.17, 15) is 9.59 Å². The highest BCUT2D eigenvalue weighted by Crippen LogP contribution is 2.21. The molecule has 0 bridgehead atoms. The lowest BCUT2D eigenvalue weighted by atomic mass is 10.2. The van der Waals surface area contributed by atoms with Gasteiger partial charge in [-0.3, -0.25) is 14.2 Å². The third-order valence-electron chi connectivity index (χ3n) is 4.90. The first-order chi connectivity index (χ1) is 16.1. The van der Waals surface area contributed by atoms with E-state index in [1.807, 2.05) is 67.6 Å². The Balaban J connectivity index is 1.56. The molecule has 0 fully saturated rings. The summed E-state index contributed by atoms with van der Waals surface area (Å²) in [5.41, 5.74) is 5.45. The summed E-state index contributed by atoms with van der Waals surface area (Å²) in [6.07, 6.45) is 1.53. The summed E-state index contributed by atoms with van der Waals surface area (Å²) < 4.78 is 6.81. The van der Waals surface area contributed by atoms with Crippen molar-refractivity contribution < 1.29 is 9.53 Å². The molecule has 8 heteroatoms. The molecule has 1 amide bonds. The monoisotopic (exact) mass is 458 g/mol. The smallest absolute Gasteiger partial charge is 0.266 e. The summed E-state index contributed by atoms with van der Waals surface area (Å²) in [6.45, 7) is 1.98. The van der Waals surface area contributed by atoms with Crippen molar-refractivity contribution in [3.63, 3.8) is 0 Å². The van der Waals surface area contributed by atoms with Crippen molar-refractivity contribution in [3.05, 3.63) is 94.3 Å². The molecule has 3 aromatic carbocycles. The van der Waals surface area contributed by atoms with Crippen LogP contribution < -0.4 is 15.7 Å². The van der Waals surface area contributed by atoms with Gasteiger partial charge in [0.15, 0.2) is 5.16 Å². The topological polar surface area (TPSA) is 85.6 Å². The first-order valence-corrected chi connectivity index (χ1v) is 11.2. The minimum Gasteiger partial charge on any atom is -0.496 e. The average Bonchev–Trinajstić information content (AvgIpc) is 2.84. The van der Waals surface area contributed by atoms with Crippen LogP contribution in [0.4, 0.5) is 0 Å². The van der Waals surface area contributed by atoms with Gasteiger partial charge in [-0.15, -0.1) is 0 Å². The van der Waals surface area contributed by atoms with E-state index in [-0.39, 0.29) is 17.2 Å². The number of para-hydroxylation sites is 2. The van der Waals surface area contributed by atoms with E-state index in [2.05, 4.69) is 15.5 Å². The number of nitrogens with one attached hydrogen (secondary N) is 1. The van der Waals surface area contributed by atoms with Crippen LogP contribution in [0.25, 0.3) is 16.6 Å². The number of carbonyl (C=O) groups is 1. The van der Waals surface area contributed by atoms with Gasteiger partial charge in [0.05, 0.1) is 35.7 Å². The summed E-state index contributed by atoms with van der Waals surface area (Å²) in [5, 5.41) is 4.97. The molecular weight excluding hydrogens is 436 g/mol. The molecule has 7 nitrogen and oxygen atoms in total. The van der Waals surface area contributed by atoms with Crippen LogP contribution in [-0.2, 0) is 4.79 Å². The van der Waals surface area contributed by atoms with Crippen LogP contribution in [0.1, 0.15) is 11.1 Å². The van der Waals surface area contributed by atoms with Crippen LogP contribution >= 0.6 is 11.8 Å². The number of fused-ring (bicyclic) bond motifs is 1. The Morgan fingerprint density at radius 1 is 1.09 bits per heavy atom. The standard InChI is InChI=1S/C25H22N4O3S/c1-17-11-13-19(14-12-17)29-24(31)20-8-4-5-9-21(20)27-25(29)33-16-23(30)28-26-15-18-7-3-6-10-22(18)32-2/h3-15H,16H2,1-2H3,(H,28,30)/b26-15-. The number of aryl methyl sites for hydroxylation is 1. The second-order valence-electron chi connectivity index (χ2n) is 7.21. The minimum atomic E-state index is -0.316. The molecule has 0 unspecified atom stereocenters. The molecule has 33 heavy (non-hydrogen) atoms. The number of carbonyl (C=O) groups excluding carboxylic acids is 1. The molecule has 0 atom stereocenters. The van der Waals surface area contributed by atoms with Crippen LogP contribution in [0.5, 0.6) is 5.75 Å². The molecule has 1 heterocycles. The fraction of sp³-hybridized carbons (Fsp3) is 0.120. The first-order valence-electron chi connectivity index (χ1n) is 10.2. The van der Waals surface area contributed by atoms with Gasteiger partial charge in [0.2, 0.25) is 0 Å². The first kappa shape index (κ1) is 22.3. The zero-order chi connectivity index (χ0) is 23.2. The van der Waals surface area contributed by atoms with Crippen molar-refractivity contribution in [1.82, 2.24) is 15.0 Å². The van der Waals surface area contributed by atoms with E-state index in [0.29, 0.717) is 27.5 Å². The number of ether oxygens (including phenoxy) is 1. The summed E-state index contributed by atoms with van der Waals surface area (Å²) in [5.74, 6) is 0.385. The predicted molar refractivity (Wildman–Crippen MR) is 132 cm³/mol. The number of aromatic nitrogens is 2. The van der Waals surface area contributed by atoms with Crippen molar-refractivity contribution in [2.24, 2.45) is 5.10 Å². The molecule has 0 saturated carbocycles. The number of rotatable bonds is 7. The Morgan fingerprint density at radius 3 is 2.61 bits per heavy atom. The Bertz CT molecular complexity index is 1380. The van der Waals surface area contributed by atoms with Gasteiger partial charge in [0, 0.05) is 5.56 Å². The van der Waals surface area contributed by atoms with Gasteiger partial charge in [0.25, 0.3) is 11.5 Å². The molecule has 4 aromatic rings. The van der Waals surface area contributed by atoms with E-state index in [4.69, 9.17) is 4.74 Å². The van der Waals surface area contributed by atoms with Crippen LogP contribution in [0, 0.1) is 6.92 Å². The molecule has 0 saturated heterocycles. The number of nitrogens with zero attached hydrogens (tertiary/aromatic N) is 3. The molecule has 1 aromatic heterocycles. The lowest BCUT2D eigenvalue weighted by Gasteiger charge is -2.13. The Morgan fingerprint density at radius 2 is 1.82 bits per heavy atom. The number of hydrogen-bond donors (Lipinski definition) is 1. The van der Waals surface area contributed by atoms with Gasteiger partial charge in [-0.25, -0.2) is 10.4 Å².